The Bertz CT molecular complexity index is 604. The summed E-state index contributed by atoms with van der Waals surface area (Å²) in [6, 6.07) is 4.74. The Labute approximate surface area is 120 Å². The fraction of sp³-hybridized carbons (Fsp3) is 0.625. The Morgan fingerprint density at radius 3 is 2.80 bits per heavy atom. The van der Waals surface area contributed by atoms with Crippen LogP contribution in [0.1, 0.15) is 51.9 Å². The van der Waals surface area contributed by atoms with Crippen molar-refractivity contribution < 1.29 is 0 Å². The number of imidazole rings is 1. The highest BCUT2D eigenvalue weighted by Crippen LogP contribution is 2.38. The van der Waals surface area contributed by atoms with Crippen LogP contribution in [-0.4, -0.2) is 20.6 Å². The molecular formula is C16H24N4. The topological polar surface area (TPSA) is 56.7 Å². The second-order valence-corrected chi connectivity index (χ2v) is 7.20. The van der Waals surface area contributed by atoms with Gasteiger partial charge in [-0.05, 0) is 36.8 Å². The fourth-order valence-corrected chi connectivity index (χ4v) is 2.93. The highest BCUT2D eigenvalue weighted by atomic mass is 15.2. The maximum absolute atomic E-state index is 6.33. The summed E-state index contributed by atoms with van der Waals surface area (Å²) < 4.78 is 2.32. The monoisotopic (exact) mass is 272 g/mol. The summed E-state index contributed by atoms with van der Waals surface area (Å²) in [7, 11) is 0. The van der Waals surface area contributed by atoms with E-state index in [1.807, 2.05) is 18.3 Å². The molecule has 4 nitrogen and oxygen atoms in total. The average Bonchev–Trinajstić information content (AvgIpc) is 3.08. The highest BCUT2D eigenvalue weighted by Gasteiger charge is 2.29. The second-order valence-electron chi connectivity index (χ2n) is 7.20. The van der Waals surface area contributed by atoms with Crippen molar-refractivity contribution in [2.45, 2.75) is 58.5 Å². The van der Waals surface area contributed by atoms with Crippen LogP contribution < -0.4 is 5.73 Å². The first-order valence-corrected chi connectivity index (χ1v) is 7.51. The van der Waals surface area contributed by atoms with E-state index in [4.69, 9.17) is 10.7 Å². The third-order valence-electron chi connectivity index (χ3n) is 3.75. The molecule has 2 heterocycles. The largest absolute Gasteiger partial charge is 0.327 e. The highest BCUT2D eigenvalue weighted by molar-refractivity contribution is 5.71. The predicted octanol–water partition coefficient (Wildman–Crippen LogP) is 3.07. The van der Waals surface area contributed by atoms with Gasteiger partial charge in [-0.3, -0.25) is 0 Å². The smallest absolute Gasteiger partial charge is 0.160 e. The second kappa shape index (κ2) is 4.85. The molecule has 2 N–H and O–H groups in total. The Morgan fingerprint density at radius 1 is 1.40 bits per heavy atom. The fourth-order valence-electron chi connectivity index (χ4n) is 2.93. The van der Waals surface area contributed by atoms with E-state index in [-0.39, 0.29) is 11.5 Å². The summed E-state index contributed by atoms with van der Waals surface area (Å²) in [4.78, 5) is 9.27. The molecule has 2 aromatic rings. The van der Waals surface area contributed by atoms with Gasteiger partial charge in [0.15, 0.2) is 5.65 Å². The lowest BCUT2D eigenvalue weighted by Gasteiger charge is -2.23. The summed E-state index contributed by atoms with van der Waals surface area (Å²) in [6.07, 6.45) is 6.17. The lowest BCUT2D eigenvalue weighted by molar-refractivity contribution is 0.335. The van der Waals surface area contributed by atoms with Gasteiger partial charge in [0.1, 0.15) is 11.3 Å². The molecule has 3 rings (SSSR count). The molecule has 1 atom stereocenters. The van der Waals surface area contributed by atoms with E-state index in [2.05, 4.69) is 30.3 Å². The normalized spacial score (nSPS) is 17.6. The summed E-state index contributed by atoms with van der Waals surface area (Å²) >= 11 is 0. The number of rotatable bonds is 4. The number of pyridine rings is 1. The molecule has 0 amide bonds. The zero-order valence-corrected chi connectivity index (χ0v) is 12.6. The van der Waals surface area contributed by atoms with E-state index < -0.39 is 0 Å². The minimum atomic E-state index is 0.157. The van der Waals surface area contributed by atoms with E-state index in [9.17, 15) is 0 Å². The maximum atomic E-state index is 6.33. The summed E-state index contributed by atoms with van der Waals surface area (Å²) in [5.41, 5.74) is 8.61. The SMILES string of the molecule is CC(C)(C)CC(N)Cc1nc2cccnc2n1C1CC1. The van der Waals surface area contributed by atoms with E-state index in [0.717, 1.165) is 29.8 Å². The lowest BCUT2D eigenvalue weighted by Crippen LogP contribution is -2.29. The molecule has 1 aliphatic rings. The average molecular weight is 272 g/mol. The van der Waals surface area contributed by atoms with Crippen molar-refractivity contribution in [1.29, 1.82) is 0 Å². The zero-order valence-electron chi connectivity index (χ0n) is 12.6. The van der Waals surface area contributed by atoms with Gasteiger partial charge in [-0.1, -0.05) is 20.8 Å². The van der Waals surface area contributed by atoms with Crippen molar-refractivity contribution in [2.24, 2.45) is 11.1 Å². The summed E-state index contributed by atoms with van der Waals surface area (Å²) in [5, 5.41) is 0. The first-order chi connectivity index (χ1) is 9.44. The van der Waals surface area contributed by atoms with Gasteiger partial charge in [0.2, 0.25) is 0 Å². The predicted molar refractivity (Wildman–Crippen MR) is 81.6 cm³/mol. The number of nitrogens with zero attached hydrogens (tertiary/aromatic N) is 3. The molecule has 0 radical (unpaired) electrons. The van der Waals surface area contributed by atoms with Crippen molar-refractivity contribution in [1.82, 2.24) is 14.5 Å². The van der Waals surface area contributed by atoms with Crippen LogP contribution >= 0.6 is 0 Å². The molecule has 20 heavy (non-hydrogen) atoms. The van der Waals surface area contributed by atoms with Crippen molar-refractivity contribution in [3.8, 4) is 0 Å². The van der Waals surface area contributed by atoms with Crippen LogP contribution in [0.25, 0.3) is 11.2 Å². The third kappa shape index (κ3) is 2.85. The number of nitrogens with two attached hydrogens (primary N) is 1. The number of fused-ring (bicyclic) bond motifs is 1. The van der Waals surface area contributed by atoms with Crippen molar-refractivity contribution >= 4 is 11.2 Å². The molecule has 108 valence electrons. The van der Waals surface area contributed by atoms with E-state index in [1.54, 1.807) is 0 Å². The quantitative estimate of drug-likeness (QED) is 0.930. The van der Waals surface area contributed by atoms with Crippen molar-refractivity contribution in [2.75, 3.05) is 0 Å². The van der Waals surface area contributed by atoms with Crippen molar-refractivity contribution in [3.05, 3.63) is 24.2 Å². The molecule has 0 spiro atoms. The minimum absolute atomic E-state index is 0.157. The first kappa shape index (κ1) is 13.6. The first-order valence-electron chi connectivity index (χ1n) is 7.51. The molecule has 1 saturated carbocycles. The number of aromatic nitrogens is 3. The van der Waals surface area contributed by atoms with Gasteiger partial charge in [-0.15, -0.1) is 0 Å². The Hall–Kier alpha value is -1.42. The van der Waals surface area contributed by atoms with E-state index >= 15 is 0 Å². The van der Waals surface area contributed by atoms with Gasteiger partial charge >= 0.3 is 0 Å². The Balaban J connectivity index is 1.89. The summed E-state index contributed by atoms with van der Waals surface area (Å²) in [5.74, 6) is 1.11. The zero-order chi connectivity index (χ0) is 14.3. The van der Waals surface area contributed by atoms with Gasteiger partial charge in [0, 0.05) is 24.7 Å². The molecule has 1 unspecified atom stereocenters. The maximum Gasteiger partial charge on any atom is 0.160 e. The molecule has 0 saturated heterocycles. The van der Waals surface area contributed by atoms with E-state index in [0.29, 0.717) is 6.04 Å². The molecule has 0 aliphatic heterocycles. The van der Waals surface area contributed by atoms with Crippen LogP contribution in [0.4, 0.5) is 0 Å². The molecule has 1 aliphatic carbocycles. The van der Waals surface area contributed by atoms with Crippen LogP contribution in [-0.2, 0) is 6.42 Å². The lowest BCUT2D eigenvalue weighted by atomic mass is 9.87. The van der Waals surface area contributed by atoms with Gasteiger partial charge in [0.05, 0.1) is 0 Å². The third-order valence-corrected chi connectivity index (χ3v) is 3.75. The van der Waals surface area contributed by atoms with E-state index in [1.165, 1.54) is 12.8 Å². The Morgan fingerprint density at radius 2 is 2.15 bits per heavy atom. The van der Waals surface area contributed by atoms with Crippen LogP contribution in [0.2, 0.25) is 0 Å². The molecule has 4 heteroatoms. The van der Waals surface area contributed by atoms with Crippen LogP contribution in [0.5, 0.6) is 0 Å². The number of hydrogen-bond acceptors (Lipinski definition) is 3. The standard InChI is InChI=1S/C16H24N4/c1-16(2,3)10-11(17)9-14-19-13-5-4-8-18-15(13)20(14)12-6-7-12/h4-5,8,11-12H,6-7,9-10,17H2,1-3H3. The van der Waals surface area contributed by atoms with Gasteiger partial charge in [-0.25, -0.2) is 9.97 Å². The molecule has 2 aromatic heterocycles. The van der Waals surface area contributed by atoms with Crippen molar-refractivity contribution in [3.63, 3.8) is 0 Å². The molecule has 0 aromatic carbocycles. The molecule has 0 bridgehead atoms. The minimum Gasteiger partial charge on any atom is -0.327 e. The van der Waals surface area contributed by atoms with Crippen LogP contribution in [0.15, 0.2) is 18.3 Å². The summed E-state index contributed by atoms with van der Waals surface area (Å²) in [6.45, 7) is 6.70. The van der Waals surface area contributed by atoms with Gasteiger partial charge < -0.3 is 10.3 Å². The van der Waals surface area contributed by atoms with Crippen LogP contribution in [0.3, 0.4) is 0 Å². The van der Waals surface area contributed by atoms with Gasteiger partial charge in [-0.2, -0.15) is 0 Å². The number of hydrogen-bond donors (Lipinski definition) is 1. The van der Waals surface area contributed by atoms with Crippen LogP contribution in [0, 0.1) is 5.41 Å². The molecule has 1 fully saturated rings. The van der Waals surface area contributed by atoms with Gasteiger partial charge in [0.25, 0.3) is 0 Å². The Kier molecular flexibility index (Phi) is 3.28. The molecular weight excluding hydrogens is 248 g/mol.